The van der Waals surface area contributed by atoms with E-state index in [9.17, 15) is 14.5 Å². The number of benzene rings is 1. The summed E-state index contributed by atoms with van der Waals surface area (Å²) in [7, 11) is 0. The van der Waals surface area contributed by atoms with Crippen molar-refractivity contribution in [3.8, 4) is 0 Å². The number of hydrogen-bond donors (Lipinski definition) is 1. The number of hydrogen-bond acceptors (Lipinski definition) is 4. The second-order valence-corrected chi connectivity index (χ2v) is 4.98. The molecule has 1 aromatic carbocycles. The number of nitro groups is 1. The molecular weight excluding hydrogens is 263 g/mol. The van der Waals surface area contributed by atoms with Gasteiger partial charge < -0.3 is 10.1 Å². The van der Waals surface area contributed by atoms with E-state index in [1.54, 1.807) is 0 Å². The molecule has 110 valence electrons. The van der Waals surface area contributed by atoms with Gasteiger partial charge in [0, 0.05) is 25.3 Å². The van der Waals surface area contributed by atoms with Crippen molar-refractivity contribution in [3.05, 3.63) is 34.1 Å². The molecule has 1 aliphatic carbocycles. The summed E-state index contributed by atoms with van der Waals surface area (Å²) in [6.07, 6.45) is 5.84. The third kappa shape index (κ3) is 4.16. The molecule has 0 radical (unpaired) electrons. The molecule has 0 atom stereocenters. The Balaban J connectivity index is 1.75. The molecule has 5 nitrogen and oxygen atoms in total. The zero-order valence-electron chi connectivity index (χ0n) is 11.3. The summed E-state index contributed by atoms with van der Waals surface area (Å²) in [5, 5.41) is 13.7. The number of nitro benzene ring substituents is 1. The minimum Gasteiger partial charge on any atom is -0.379 e. The molecule has 0 saturated heterocycles. The lowest BCUT2D eigenvalue weighted by Gasteiger charge is -2.11. The molecule has 20 heavy (non-hydrogen) atoms. The van der Waals surface area contributed by atoms with Gasteiger partial charge in [-0.3, -0.25) is 10.1 Å². The van der Waals surface area contributed by atoms with E-state index < -0.39 is 10.7 Å². The molecule has 0 aliphatic heterocycles. The smallest absolute Gasteiger partial charge is 0.292 e. The van der Waals surface area contributed by atoms with Gasteiger partial charge in [0.2, 0.25) is 0 Å². The fourth-order valence-electron chi connectivity index (χ4n) is 2.41. The van der Waals surface area contributed by atoms with Crippen LogP contribution in [0.5, 0.6) is 0 Å². The fraction of sp³-hybridized carbons (Fsp3) is 0.571. The molecule has 1 N–H and O–H groups in total. The van der Waals surface area contributed by atoms with Crippen LogP contribution < -0.4 is 5.32 Å². The Bertz CT molecular complexity index is 462. The number of ether oxygens (including phenoxy) is 1. The highest BCUT2D eigenvalue weighted by Crippen LogP contribution is 2.25. The van der Waals surface area contributed by atoms with E-state index >= 15 is 0 Å². The van der Waals surface area contributed by atoms with Crippen molar-refractivity contribution in [3.63, 3.8) is 0 Å². The molecule has 1 fully saturated rings. The zero-order chi connectivity index (χ0) is 14.4. The Kier molecular flexibility index (Phi) is 5.29. The average molecular weight is 282 g/mol. The first-order chi connectivity index (χ1) is 9.66. The minimum absolute atomic E-state index is 0.108. The van der Waals surface area contributed by atoms with Crippen molar-refractivity contribution in [2.45, 2.75) is 38.2 Å². The van der Waals surface area contributed by atoms with Gasteiger partial charge in [-0.15, -0.1) is 0 Å². The van der Waals surface area contributed by atoms with E-state index in [4.69, 9.17) is 4.74 Å². The van der Waals surface area contributed by atoms with Gasteiger partial charge in [0.25, 0.3) is 5.69 Å². The van der Waals surface area contributed by atoms with Crippen molar-refractivity contribution in [1.29, 1.82) is 0 Å². The molecule has 0 heterocycles. The van der Waals surface area contributed by atoms with Gasteiger partial charge in [0.15, 0.2) is 0 Å². The third-order valence-electron chi connectivity index (χ3n) is 3.45. The van der Waals surface area contributed by atoms with E-state index in [1.165, 1.54) is 18.9 Å². The van der Waals surface area contributed by atoms with Crippen LogP contribution >= 0.6 is 0 Å². The Morgan fingerprint density at radius 3 is 2.85 bits per heavy atom. The number of nitrogens with one attached hydrogen (secondary N) is 1. The maximum Gasteiger partial charge on any atom is 0.292 e. The quantitative estimate of drug-likeness (QED) is 0.472. The summed E-state index contributed by atoms with van der Waals surface area (Å²) in [6.45, 7) is 1.15. The summed E-state index contributed by atoms with van der Waals surface area (Å²) >= 11 is 0. The van der Waals surface area contributed by atoms with E-state index in [0.717, 1.165) is 31.4 Å². The standard InChI is InChI=1S/C14H19FN2O3/c15-11-6-7-14(17(18)19)13(10-11)16-8-3-9-20-12-4-1-2-5-12/h6-7,10,12,16H,1-5,8-9H2. The molecule has 0 amide bonds. The molecule has 0 bridgehead atoms. The molecule has 0 aromatic heterocycles. The number of nitrogens with zero attached hydrogens (tertiary/aromatic N) is 1. The largest absolute Gasteiger partial charge is 0.379 e. The van der Waals surface area contributed by atoms with Crippen LogP contribution in [0.3, 0.4) is 0 Å². The third-order valence-corrected chi connectivity index (χ3v) is 3.45. The predicted molar refractivity (Wildman–Crippen MR) is 74.4 cm³/mol. The van der Waals surface area contributed by atoms with Crippen LogP contribution in [-0.2, 0) is 4.74 Å². The lowest BCUT2D eigenvalue weighted by atomic mass is 10.2. The van der Waals surface area contributed by atoms with Crippen LogP contribution in [0.15, 0.2) is 18.2 Å². The van der Waals surface area contributed by atoms with Crippen LogP contribution in [0, 0.1) is 15.9 Å². The molecule has 1 aliphatic rings. The monoisotopic (exact) mass is 282 g/mol. The topological polar surface area (TPSA) is 64.4 Å². The van der Waals surface area contributed by atoms with Crippen molar-refractivity contribution >= 4 is 11.4 Å². The van der Waals surface area contributed by atoms with Crippen molar-refractivity contribution < 1.29 is 14.1 Å². The minimum atomic E-state index is -0.517. The maximum absolute atomic E-state index is 13.1. The number of rotatable bonds is 7. The Morgan fingerprint density at radius 2 is 2.15 bits per heavy atom. The van der Waals surface area contributed by atoms with Crippen molar-refractivity contribution in [2.24, 2.45) is 0 Å². The Labute approximate surface area is 117 Å². The first-order valence-corrected chi connectivity index (χ1v) is 6.96. The lowest BCUT2D eigenvalue weighted by molar-refractivity contribution is -0.384. The van der Waals surface area contributed by atoms with E-state index in [1.807, 2.05) is 0 Å². The highest BCUT2D eigenvalue weighted by molar-refractivity contribution is 5.61. The van der Waals surface area contributed by atoms with Crippen LogP contribution in [0.1, 0.15) is 32.1 Å². The summed E-state index contributed by atoms with van der Waals surface area (Å²) in [5.74, 6) is -0.486. The van der Waals surface area contributed by atoms with Gasteiger partial charge in [-0.2, -0.15) is 0 Å². The molecular formula is C14H19FN2O3. The number of halogens is 1. The fourth-order valence-corrected chi connectivity index (χ4v) is 2.41. The van der Waals surface area contributed by atoms with Crippen LogP contribution in [0.4, 0.5) is 15.8 Å². The van der Waals surface area contributed by atoms with E-state index in [-0.39, 0.29) is 11.4 Å². The molecule has 6 heteroatoms. The van der Waals surface area contributed by atoms with Crippen molar-refractivity contribution in [2.75, 3.05) is 18.5 Å². The molecule has 0 spiro atoms. The van der Waals surface area contributed by atoms with Crippen LogP contribution in [0.25, 0.3) is 0 Å². The first-order valence-electron chi connectivity index (χ1n) is 6.96. The summed E-state index contributed by atoms with van der Waals surface area (Å²) in [5.41, 5.74) is 0.110. The SMILES string of the molecule is O=[N+]([O-])c1ccc(F)cc1NCCCOC1CCCC1. The first kappa shape index (κ1) is 14.7. The van der Waals surface area contributed by atoms with Gasteiger partial charge in [0.05, 0.1) is 11.0 Å². The maximum atomic E-state index is 13.1. The molecule has 1 saturated carbocycles. The van der Waals surface area contributed by atoms with Gasteiger partial charge in [-0.1, -0.05) is 12.8 Å². The van der Waals surface area contributed by atoms with Gasteiger partial charge in [0.1, 0.15) is 11.5 Å². The normalized spacial score (nSPS) is 15.4. The summed E-state index contributed by atoms with van der Waals surface area (Å²) in [6, 6.07) is 3.41. The Hall–Kier alpha value is -1.69. The number of anilines is 1. The zero-order valence-corrected chi connectivity index (χ0v) is 11.3. The summed E-state index contributed by atoms with van der Waals surface area (Å²) < 4.78 is 18.8. The Morgan fingerprint density at radius 1 is 1.40 bits per heavy atom. The lowest BCUT2D eigenvalue weighted by Crippen LogP contribution is -2.12. The van der Waals surface area contributed by atoms with Gasteiger partial charge in [-0.05, 0) is 25.3 Å². The molecule has 0 unspecified atom stereocenters. The average Bonchev–Trinajstić information content (AvgIpc) is 2.91. The van der Waals surface area contributed by atoms with Gasteiger partial charge in [-0.25, -0.2) is 4.39 Å². The van der Waals surface area contributed by atoms with Crippen LogP contribution in [-0.4, -0.2) is 24.2 Å². The predicted octanol–water partition coefficient (Wildman–Crippen LogP) is 3.50. The van der Waals surface area contributed by atoms with Gasteiger partial charge >= 0.3 is 0 Å². The highest BCUT2D eigenvalue weighted by atomic mass is 19.1. The molecule has 2 rings (SSSR count). The second kappa shape index (κ2) is 7.19. The molecule has 1 aromatic rings. The van der Waals surface area contributed by atoms with Crippen molar-refractivity contribution in [1.82, 2.24) is 0 Å². The van der Waals surface area contributed by atoms with E-state index in [0.29, 0.717) is 19.3 Å². The van der Waals surface area contributed by atoms with E-state index in [2.05, 4.69) is 5.32 Å². The second-order valence-electron chi connectivity index (χ2n) is 4.98. The summed E-state index contributed by atoms with van der Waals surface area (Å²) in [4.78, 5) is 10.3. The van der Waals surface area contributed by atoms with Crippen LogP contribution in [0.2, 0.25) is 0 Å². The highest BCUT2D eigenvalue weighted by Gasteiger charge is 2.15.